The number of halogens is 1. The van der Waals surface area contributed by atoms with Gasteiger partial charge in [0.1, 0.15) is 0 Å². The van der Waals surface area contributed by atoms with Gasteiger partial charge in [-0.2, -0.15) is 0 Å². The maximum Gasteiger partial charge on any atom is 0.0598 e. The minimum Gasteiger partial charge on any atom is -0.369 e. The van der Waals surface area contributed by atoms with Gasteiger partial charge in [0.25, 0.3) is 0 Å². The van der Waals surface area contributed by atoms with Gasteiger partial charge in [0, 0.05) is 31.4 Å². The summed E-state index contributed by atoms with van der Waals surface area (Å²) in [5, 5.41) is 3.97. The van der Waals surface area contributed by atoms with Crippen molar-refractivity contribution in [2.75, 3.05) is 19.0 Å². The van der Waals surface area contributed by atoms with E-state index in [4.69, 9.17) is 11.6 Å². The summed E-state index contributed by atoms with van der Waals surface area (Å²) in [7, 11) is 4.00. The molecule has 0 radical (unpaired) electrons. The van der Waals surface area contributed by atoms with Crippen LogP contribution in [0.25, 0.3) is 0 Å². The van der Waals surface area contributed by atoms with Gasteiger partial charge in [-0.1, -0.05) is 29.8 Å². The highest BCUT2D eigenvalue weighted by atomic mass is 35.5. The van der Waals surface area contributed by atoms with Crippen molar-refractivity contribution in [1.82, 2.24) is 10.3 Å². The molecule has 1 aromatic heterocycles. The molecule has 0 aliphatic heterocycles. The molecule has 1 N–H and O–H groups in total. The Balaban J connectivity index is 2.20. The van der Waals surface area contributed by atoms with Crippen molar-refractivity contribution < 1.29 is 0 Å². The summed E-state index contributed by atoms with van der Waals surface area (Å²) >= 11 is 6.20. The fraction of sp³-hybridized carbons (Fsp3) is 0.267. The summed E-state index contributed by atoms with van der Waals surface area (Å²) in [6, 6.07) is 9.96. The zero-order valence-corrected chi connectivity index (χ0v) is 12.0. The molecule has 0 saturated carbocycles. The van der Waals surface area contributed by atoms with Crippen LogP contribution in [0.3, 0.4) is 0 Å². The van der Waals surface area contributed by atoms with Gasteiger partial charge in [0.2, 0.25) is 0 Å². The first-order chi connectivity index (χ1) is 9.22. The quantitative estimate of drug-likeness (QED) is 0.909. The van der Waals surface area contributed by atoms with Crippen molar-refractivity contribution in [1.29, 1.82) is 0 Å². The second-order valence-corrected chi connectivity index (χ2v) is 4.89. The molecule has 0 aliphatic rings. The van der Waals surface area contributed by atoms with Gasteiger partial charge in [-0.3, -0.25) is 4.98 Å². The maximum atomic E-state index is 6.20. The van der Waals surface area contributed by atoms with Crippen LogP contribution in [0, 0.1) is 0 Å². The fourth-order valence-corrected chi connectivity index (χ4v) is 2.26. The Kier molecular flexibility index (Phi) is 4.77. The Bertz CT molecular complexity index is 542. The number of nitrogens with zero attached hydrogens (tertiary/aromatic N) is 2. The summed E-state index contributed by atoms with van der Waals surface area (Å²) in [5.41, 5.74) is 3.47. The Hall–Kier alpha value is -1.58. The minimum absolute atomic E-state index is 0.766. The molecule has 1 aromatic carbocycles. The van der Waals surface area contributed by atoms with E-state index in [-0.39, 0.29) is 0 Å². The van der Waals surface area contributed by atoms with Gasteiger partial charge in [-0.15, -0.1) is 0 Å². The SMILES string of the molecule is CNCc1ccncc1N(C)Cc1ccccc1Cl. The summed E-state index contributed by atoms with van der Waals surface area (Å²) < 4.78 is 0. The van der Waals surface area contributed by atoms with Crippen molar-refractivity contribution in [2.45, 2.75) is 13.1 Å². The third kappa shape index (κ3) is 3.46. The van der Waals surface area contributed by atoms with Gasteiger partial charge in [-0.25, -0.2) is 0 Å². The van der Waals surface area contributed by atoms with Gasteiger partial charge in [-0.05, 0) is 30.3 Å². The molecule has 0 aliphatic carbocycles. The second kappa shape index (κ2) is 6.55. The lowest BCUT2D eigenvalue weighted by Gasteiger charge is -2.22. The van der Waals surface area contributed by atoms with E-state index < -0.39 is 0 Å². The molecule has 0 atom stereocenters. The molecule has 19 heavy (non-hydrogen) atoms. The number of aromatic nitrogens is 1. The molecule has 0 saturated heterocycles. The Morgan fingerprint density at radius 2 is 2.00 bits per heavy atom. The first-order valence-corrected chi connectivity index (χ1v) is 6.62. The summed E-state index contributed by atoms with van der Waals surface area (Å²) in [4.78, 5) is 6.38. The number of benzene rings is 1. The zero-order chi connectivity index (χ0) is 13.7. The first kappa shape index (κ1) is 13.8. The average molecular weight is 276 g/mol. The zero-order valence-electron chi connectivity index (χ0n) is 11.2. The van der Waals surface area contributed by atoms with Gasteiger partial charge in [0.15, 0.2) is 0 Å². The van der Waals surface area contributed by atoms with Crippen LogP contribution >= 0.6 is 11.6 Å². The lowest BCUT2D eigenvalue weighted by molar-refractivity contribution is 0.802. The van der Waals surface area contributed by atoms with Crippen LogP contribution < -0.4 is 10.2 Å². The van der Waals surface area contributed by atoms with E-state index in [0.717, 1.165) is 29.4 Å². The fourth-order valence-electron chi connectivity index (χ4n) is 2.07. The molecule has 0 fully saturated rings. The predicted molar refractivity (Wildman–Crippen MR) is 80.6 cm³/mol. The van der Waals surface area contributed by atoms with Crippen LogP contribution in [-0.4, -0.2) is 19.1 Å². The molecular weight excluding hydrogens is 258 g/mol. The lowest BCUT2D eigenvalue weighted by atomic mass is 10.1. The molecule has 3 nitrogen and oxygen atoms in total. The Morgan fingerprint density at radius 3 is 2.74 bits per heavy atom. The van der Waals surface area contributed by atoms with Gasteiger partial charge >= 0.3 is 0 Å². The molecule has 4 heteroatoms. The van der Waals surface area contributed by atoms with Crippen LogP contribution in [-0.2, 0) is 13.1 Å². The maximum absolute atomic E-state index is 6.20. The van der Waals surface area contributed by atoms with E-state index in [1.54, 1.807) is 0 Å². The summed E-state index contributed by atoms with van der Waals surface area (Å²) in [5.74, 6) is 0. The van der Waals surface area contributed by atoms with Crippen molar-refractivity contribution in [3.05, 3.63) is 58.9 Å². The largest absolute Gasteiger partial charge is 0.369 e. The molecule has 2 rings (SSSR count). The van der Waals surface area contributed by atoms with Crippen molar-refractivity contribution >= 4 is 17.3 Å². The molecule has 0 spiro atoms. The van der Waals surface area contributed by atoms with Gasteiger partial charge < -0.3 is 10.2 Å². The highest BCUT2D eigenvalue weighted by molar-refractivity contribution is 6.31. The van der Waals surface area contributed by atoms with E-state index in [0.29, 0.717) is 0 Å². The second-order valence-electron chi connectivity index (χ2n) is 4.48. The molecular formula is C15H18ClN3. The van der Waals surface area contributed by atoms with E-state index in [2.05, 4.69) is 22.2 Å². The van der Waals surface area contributed by atoms with Crippen LogP contribution in [0.5, 0.6) is 0 Å². The van der Waals surface area contributed by atoms with Crippen LogP contribution in [0.1, 0.15) is 11.1 Å². The van der Waals surface area contributed by atoms with Crippen molar-refractivity contribution in [3.8, 4) is 0 Å². The monoisotopic (exact) mass is 275 g/mol. The molecule has 0 amide bonds. The molecule has 2 aromatic rings. The standard InChI is InChI=1S/C15H18ClN3/c1-17-9-12-7-8-18-10-15(12)19(2)11-13-5-3-4-6-14(13)16/h3-8,10,17H,9,11H2,1-2H3. The number of pyridine rings is 1. The Morgan fingerprint density at radius 1 is 1.21 bits per heavy atom. The number of hydrogen-bond acceptors (Lipinski definition) is 3. The molecule has 100 valence electrons. The molecule has 0 bridgehead atoms. The van der Waals surface area contributed by atoms with E-state index >= 15 is 0 Å². The van der Waals surface area contributed by atoms with Crippen LogP contribution in [0.2, 0.25) is 5.02 Å². The number of hydrogen-bond donors (Lipinski definition) is 1. The predicted octanol–water partition coefficient (Wildman–Crippen LogP) is 3.09. The lowest BCUT2D eigenvalue weighted by Crippen LogP contribution is -2.20. The number of rotatable bonds is 5. The van der Waals surface area contributed by atoms with Crippen LogP contribution in [0.4, 0.5) is 5.69 Å². The molecule has 0 unspecified atom stereocenters. The van der Waals surface area contributed by atoms with Crippen molar-refractivity contribution in [3.63, 3.8) is 0 Å². The first-order valence-electron chi connectivity index (χ1n) is 6.24. The molecule has 1 heterocycles. The summed E-state index contributed by atoms with van der Waals surface area (Å²) in [6.07, 6.45) is 3.71. The van der Waals surface area contributed by atoms with Gasteiger partial charge in [0.05, 0.1) is 11.9 Å². The van der Waals surface area contributed by atoms with E-state index in [1.807, 2.05) is 49.8 Å². The van der Waals surface area contributed by atoms with E-state index in [1.165, 1.54) is 5.56 Å². The highest BCUT2D eigenvalue weighted by Gasteiger charge is 2.09. The smallest absolute Gasteiger partial charge is 0.0598 e. The van der Waals surface area contributed by atoms with Crippen molar-refractivity contribution in [2.24, 2.45) is 0 Å². The normalized spacial score (nSPS) is 10.5. The minimum atomic E-state index is 0.766. The third-order valence-corrected chi connectivity index (χ3v) is 3.40. The Labute approximate surface area is 119 Å². The highest BCUT2D eigenvalue weighted by Crippen LogP contribution is 2.22. The number of anilines is 1. The van der Waals surface area contributed by atoms with Crippen LogP contribution in [0.15, 0.2) is 42.7 Å². The average Bonchev–Trinajstić information content (AvgIpc) is 2.42. The topological polar surface area (TPSA) is 28.2 Å². The van der Waals surface area contributed by atoms with E-state index in [9.17, 15) is 0 Å². The summed E-state index contributed by atoms with van der Waals surface area (Å²) in [6.45, 7) is 1.59. The third-order valence-electron chi connectivity index (χ3n) is 3.03. The number of nitrogens with one attached hydrogen (secondary N) is 1.